The van der Waals surface area contributed by atoms with E-state index < -0.39 is 0 Å². The third-order valence-corrected chi connectivity index (χ3v) is 4.64. The van der Waals surface area contributed by atoms with E-state index in [-0.39, 0.29) is 12.6 Å². The van der Waals surface area contributed by atoms with Crippen LogP contribution in [0.15, 0.2) is 54.9 Å². The van der Waals surface area contributed by atoms with Gasteiger partial charge < -0.3 is 15.4 Å². The highest BCUT2D eigenvalue weighted by Gasteiger charge is 2.13. The van der Waals surface area contributed by atoms with E-state index >= 15 is 0 Å². The number of rotatable bonds is 5. The van der Waals surface area contributed by atoms with Crippen molar-refractivity contribution in [1.82, 2.24) is 15.1 Å². The molecule has 0 atom stereocenters. The number of nitrogens with zero attached hydrogens (tertiary/aromatic N) is 2. The highest BCUT2D eigenvalue weighted by molar-refractivity contribution is 6.30. The summed E-state index contributed by atoms with van der Waals surface area (Å²) < 4.78 is 7.24. The Balaban J connectivity index is 1.38. The Kier molecular flexibility index (Phi) is 5.09. The largest absolute Gasteiger partial charge is 0.471 e. The first kappa shape index (κ1) is 17.6. The molecule has 1 aliphatic rings. The third kappa shape index (κ3) is 4.30. The van der Waals surface area contributed by atoms with E-state index in [0.29, 0.717) is 22.0 Å². The van der Waals surface area contributed by atoms with E-state index in [1.54, 1.807) is 29.2 Å². The van der Waals surface area contributed by atoms with Gasteiger partial charge in [0.25, 0.3) is 5.91 Å². The molecule has 1 aromatic heterocycles. The molecule has 138 valence electrons. The molecule has 1 amide bonds. The molecule has 2 N–H and O–H groups in total. The number of halogens is 1. The number of carbonyl (C=O) groups excluding carboxylic acids is 1. The number of benzene rings is 2. The first-order valence-corrected chi connectivity index (χ1v) is 9.10. The van der Waals surface area contributed by atoms with Gasteiger partial charge in [-0.25, -0.2) is 4.68 Å². The van der Waals surface area contributed by atoms with Crippen molar-refractivity contribution in [3.05, 3.63) is 76.6 Å². The van der Waals surface area contributed by atoms with Crippen LogP contribution < -0.4 is 15.4 Å². The average molecular weight is 383 g/mol. The molecule has 3 aromatic rings. The summed E-state index contributed by atoms with van der Waals surface area (Å²) in [4.78, 5) is 12.5. The maximum Gasteiger partial charge on any atom is 0.255 e. The van der Waals surface area contributed by atoms with Crippen molar-refractivity contribution in [2.24, 2.45) is 0 Å². The minimum atomic E-state index is -0.147. The first-order chi connectivity index (χ1) is 13.2. The van der Waals surface area contributed by atoms with Crippen LogP contribution >= 0.6 is 11.6 Å². The number of anilines is 1. The molecular formula is C20H19ClN4O2. The maximum absolute atomic E-state index is 12.5. The Morgan fingerprint density at radius 3 is 3.07 bits per heavy atom. The number of carbonyl (C=O) groups is 1. The summed E-state index contributed by atoms with van der Waals surface area (Å²) in [5.74, 6) is 0.513. The van der Waals surface area contributed by atoms with Crippen LogP contribution in [0.25, 0.3) is 0 Å². The molecule has 0 saturated heterocycles. The number of nitrogens with one attached hydrogen (secondary N) is 2. The van der Waals surface area contributed by atoms with Gasteiger partial charge in [0.05, 0.1) is 18.1 Å². The number of aromatic nitrogens is 2. The zero-order valence-corrected chi connectivity index (χ0v) is 15.4. The predicted octanol–water partition coefficient (Wildman–Crippen LogP) is 3.47. The highest BCUT2D eigenvalue weighted by atomic mass is 35.5. The predicted molar refractivity (Wildman–Crippen MR) is 104 cm³/mol. The molecule has 0 radical (unpaired) electrons. The van der Waals surface area contributed by atoms with Crippen molar-refractivity contribution in [2.45, 2.75) is 19.7 Å². The smallest absolute Gasteiger partial charge is 0.255 e. The second-order valence-corrected chi connectivity index (χ2v) is 6.80. The van der Waals surface area contributed by atoms with Gasteiger partial charge in [-0.05, 0) is 54.4 Å². The molecule has 0 saturated carbocycles. The molecule has 0 unspecified atom stereocenters. The summed E-state index contributed by atoms with van der Waals surface area (Å²) in [6.07, 6.45) is 4.27. The van der Waals surface area contributed by atoms with E-state index in [1.165, 1.54) is 11.1 Å². The number of hydrogen-bond acceptors (Lipinski definition) is 4. The topological polar surface area (TPSA) is 68.2 Å². The molecule has 4 rings (SSSR count). The lowest BCUT2D eigenvalue weighted by Gasteiger charge is -2.17. The van der Waals surface area contributed by atoms with Crippen molar-refractivity contribution in [1.29, 1.82) is 0 Å². The number of fused-ring (bicyclic) bond motifs is 1. The van der Waals surface area contributed by atoms with E-state index in [4.69, 9.17) is 16.3 Å². The summed E-state index contributed by atoms with van der Waals surface area (Å²) in [6, 6.07) is 13.0. The van der Waals surface area contributed by atoms with E-state index in [9.17, 15) is 4.79 Å². The fourth-order valence-electron chi connectivity index (χ4n) is 3.02. The van der Waals surface area contributed by atoms with Crippen LogP contribution in [0.3, 0.4) is 0 Å². The molecule has 27 heavy (non-hydrogen) atoms. The summed E-state index contributed by atoms with van der Waals surface area (Å²) in [5, 5.41) is 11.0. The summed E-state index contributed by atoms with van der Waals surface area (Å²) in [5.41, 5.74) is 3.75. The fourth-order valence-corrected chi connectivity index (χ4v) is 3.20. The normalized spacial score (nSPS) is 13.1. The third-order valence-electron chi connectivity index (χ3n) is 4.41. The fraction of sp³-hybridized carbons (Fsp3) is 0.200. The average Bonchev–Trinajstić information content (AvgIpc) is 3.13. The first-order valence-electron chi connectivity index (χ1n) is 8.72. The summed E-state index contributed by atoms with van der Waals surface area (Å²) in [6.45, 7) is 2.02. The second-order valence-electron chi connectivity index (χ2n) is 6.36. The monoisotopic (exact) mass is 382 g/mol. The highest BCUT2D eigenvalue weighted by Crippen LogP contribution is 2.19. The van der Waals surface area contributed by atoms with E-state index in [1.807, 2.05) is 30.3 Å². The Morgan fingerprint density at radius 2 is 2.19 bits per heavy atom. The van der Waals surface area contributed by atoms with Gasteiger partial charge in [-0.15, -0.1) is 0 Å². The van der Waals surface area contributed by atoms with Crippen LogP contribution in [0.5, 0.6) is 5.75 Å². The zero-order valence-electron chi connectivity index (χ0n) is 14.6. The molecule has 0 aliphatic carbocycles. The minimum Gasteiger partial charge on any atom is -0.471 e. The summed E-state index contributed by atoms with van der Waals surface area (Å²) in [7, 11) is 0. The molecule has 6 nitrogen and oxygen atoms in total. The van der Waals surface area contributed by atoms with Crippen LogP contribution in [0.4, 0.5) is 5.69 Å². The van der Waals surface area contributed by atoms with Gasteiger partial charge in [0.2, 0.25) is 0 Å². The summed E-state index contributed by atoms with van der Waals surface area (Å²) >= 11 is 5.94. The number of amides is 1. The van der Waals surface area contributed by atoms with Gasteiger partial charge in [-0.3, -0.25) is 4.79 Å². The quantitative estimate of drug-likeness (QED) is 0.709. The molecule has 2 heterocycles. The van der Waals surface area contributed by atoms with Crippen LogP contribution in [-0.2, 0) is 19.7 Å². The second kappa shape index (κ2) is 7.82. The van der Waals surface area contributed by atoms with Crippen LogP contribution in [0.1, 0.15) is 21.5 Å². The molecule has 7 heteroatoms. The molecule has 2 aromatic carbocycles. The molecule has 0 fully saturated rings. The lowest BCUT2D eigenvalue weighted by Crippen LogP contribution is -2.24. The number of hydrogen-bond donors (Lipinski definition) is 2. The standard InChI is InChI=1S/C20H19ClN4O2/c21-17-2-1-3-19(9-17)27-13-25-12-18(11-23-25)24-20(26)15-4-5-16-10-22-7-6-14(16)8-15/h1-5,8-9,11-12,22H,6-7,10,13H2,(H,24,26). The van der Waals surface area contributed by atoms with Crippen LogP contribution in [0, 0.1) is 0 Å². The Hall–Kier alpha value is -2.83. The van der Waals surface area contributed by atoms with Crippen molar-refractivity contribution in [3.63, 3.8) is 0 Å². The van der Waals surface area contributed by atoms with Gasteiger partial charge in [0.15, 0.2) is 6.73 Å². The van der Waals surface area contributed by atoms with Crippen LogP contribution in [0.2, 0.25) is 5.02 Å². The van der Waals surface area contributed by atoms with Gasteiger partial charge in [0, 0.05) is 17.1 Å². The van der Waals surface area contributed by atoms with E-state index in [0.717, 1.165) is 19.5 Å². The molecule has 1 aliphatic heterocycles. The number of ether oxygens (including phenoxy) is 1. The Bertz CT molecular complexity index is 970. The van der Waals surface area contributed by atoms with Crippen LogP contribution in [-0.4, -0.2) is 22.2 Å². The van der Waals surface area contributed by atoms with Gasteiger partial charge in [-0.2, -0.15) is 5.10 Å². The minimum absolute atomic E-state index is 0.147. The van der Waals surface area contributed by atoms with Crippen molar-refractivity contribution in [2.75, 3.05) is 11.9 Å². The lowest BCUT2D eigenvalue weighted by molar-refractivity contribution is 0.102. The lowest BCUT2D eigenvalue weighted by atomic mass is 9.98. The zero-order chi connectivity index (χ0) is 18.6. The van der Waals surface area contributed by atoms with Crippen molar-refractivity contribution >= 4 is 23.2 Å². The maximum atomic E-state index is 12.5. The van der Waals surface area contributed by atoms with Gasteiger partial charge in [0.1, 0.15) is 5.75 Å². The Labute approximate surface area is 162 Å². The molecule has 0 spiro atoms. The van der Waals surface area contributed by atoms with Crippen molar-refractivity contribution < 1.29 is 9.53 Å². The van der Waals surface area contributed by atoms with Gasteiger partial charge in [-0.1, -0.05) is 23.7 Å². The SMILES string of the molecule is O=C(Nc1cnn(COc2cccc(Cl)c2)c1)c1ccc2c(c1)CCNC2. The van der Waals surface area contributed by atoms with Gasteiger partial charge >= 0.3 is 0 Å². The molecular weight excluding hydrogens is 364 g/mol. The molecule has 0 bridgehead atoms. The Morgan fingerprint density at radius 1 is 1.26 bits per heavy atom. The van der Waals surface area contributed by atoms with Crippen molar-refractivity contribution in [3.8, 4) is 5.75 Å². The van der Waals surface area contributed by atoms with E-state index in [2.05, 4.69) is 15.7 Å².